The van der Waals surface area contributed by atoms with Gasteiger partial charge in [-0.1, -0.05) is 64.0 Å². The molecule has 0 bridgehead atoms. The van der Waals surface area contributed by atoms with Gasteiger partial charge in [-0.05, 0) is 38.5 Å². The Morgan fingerprint density at radius 1 is 0.765 bits per heavy atom. The van der Waals surface area contributed by atoms with Crippen molar-refractivity contribution in [3.8, 4) is 0 Å². The molecule has 0 aromatic heterocycles. The predicted octanol–water partition coefficient (Wildman–Crippen LogP) is 5.83. The minimum atomic E-state index is -0.670. The fraction of sp³-hybridized carbons (Fsp3) is 0.815. The van der Waals surface area contributed by atoms with E-state index in [-0.39, 0.29) is 24.8 Å². The predicted molar refractivity (Wildman–Crippen MR) is 131 cm³/mol. The van der Waals surface area contributed by atoms with Gasteiger partial charge in [-0.15, -0.1) is 0 Å². The van der Waals surface area contributed by atoms with Crippen molar-refractivity contribution in [3.05, 3.63) is 12.2 Å². The molecule has 0 radical (unpaired) electrons. The molecular formula is C27H46O7. The van der Waals surface area contributed by atoms with Gasteiger partial charge in [0.25, 0.3) is 0 Å². The number of esters is 3. The molecule has 0 amide bonds. The van der Waals surface area contributed by atoms with Crippen LogP contribution in [0.5, 0.6) is 0 Å². The number of ether oxygens (including phenoxy) is 4. The van der Waals surface area contributed by atoms with Crippen LogP contribution in [0.2, 0.25) is 0 Å². The summed E-state index contributed by atoms with van der Waals surface area (Å²) in [5.74, 6) is -1.23. The smallest absolute Gasteiger partial charge is 0.303 e. The van der Waals surface area contributed by atoms with E-state index in [2.05, 4.69) is 19.1 Å². The van der Waals surface area contributed by atoms with E-state index in [4.69, 9.17) is 18.9 Å². The van der Waals surface area contributed by atoms with Crippen molar-refractivity contribution in [3.63, 3.8) is 0 Å². The summed E-state index contributed by atoms with van der Waals surface area (Å²) in [6.07, 6.45) is 17.1. The summed E-state index contributed by atoms with van der Waals surface area (Å²) in [6.45, 7) is 6.22. The zero-order chi connectivity index (χ0) is 25.2. The van der Waals surface area contributed by atoms with Crippen molar-refractivity contribution < 1.29 is 33.3 Å². The van der Waals surface area contributed by atoms with Crippen LogP contribution < -0.4 is 0 Å². The normalized spacial score (nSPS) is 19.6. The average Bonchev–Trinajstić information content (AvgIpc) is 3.26. The number of carbonyl (C=O) groups is 3. The van der Waals surface area contributed by atoms with E-state index in [1.807, 2.05) is 0 Å². The topological polar surface area (TPSA) is 88.1 Å². The lowest BCUT2D eigenvalue weighted by molar-refractivity contribution is -0.171. The summed E-state index contributed by atoms with van der Waals surface area (Å²) in [6, 6.07) is 0. The SMILES string of the molecule is CCCCCCCCCC/C=C/CC[C@H](OC(C)=O)[C@@H]1CC[C@H]([C@@H](COC(C)=O)OC(C)=O)O1. The lowest BCUT2D eigenvalue weighted by Crippen LogP contribution is -2.38. The van der Waals surface area contributed by atoms with Crippen molar-refractivity contribution in [2.45, 2.75) is 136 Å². The molecule has 0 aromatic carbocycles. The Morgan fingerprint density at radius 3 is 1.88 bits per heavy atom. The van der Waals surface area contributed by atoms with Gasteiger partial charge in [0.2, 0.25) is 0 Å². The van der Waals surface area contributed by atoms with Crippen LogP contribution in [-0.2, 0) is 33.3 Å². The number of allylic oxidation sites excluding steroid dienone is 2. The standard InChI is InChI=1S/C27H46O7/c1-5-6-7-8-9-10-11-12-13-14-15-16-17-24(32-22(3)29)25-18-19-26(34-25)27(33-23(4)30)20-31-21(2)28/h14-15,24-27H,5-13,16-20H2,1-4H3/b15-14+/t24-,25-,26+,27+/m0/s1. The second kappa shape index (κ2) is 18.4. The van der Waals surface area contributed by atoms with Gasteiger partial charge in [-0.3, -0.25) is 14.4 Å². The summed E-state index contributed by atoms with van der Waals surface area (Å²) < 4.78 is 22.0. The van der Waals surface area contributed by atoms with Crippen LogP contribution in [0.1, 0.15) is 111 Å². The van der Waals surface area contributed by atoms with Crippen LogP contribution in [0.15, 0.2) is 12.2 Å². The summed E-state index contributed by atoms with van der Waals surface area (Å²) >= 11 is 0. The zero-order valence-electron chi connectivity index (χ0n) is 21.7. The summed E-state index contributed by atoms with van der Waals surface area (Å²) in [5, 5.41) is 0. The quantitative estimate of drug-likeness (QED) is 0.105. The molecule has 4 atom stereocenters. The molecule has 1 saturated heterocycles. The Balaban J connectivity index is 2.40. The largest absolute Gasteiger partial charge is 0.462 e. The van der Waals surface area contributed by atoms with E-state index < -0.39 is 24.1 Å². The van der Waals surface area contributed by atoms with Crippen molar-refractivity contribution in [1.82, 2.24) is 0 Å². The average molecular weight is 483 g/mol. The lowest BCUT2D eigenvalue weighted by atomic mass is 10.0. The van der Waals surface area contributed by atoms with Crippen LogP contribution >= 0.6 is 0 Å². The summed E-state index contributed by atoms with van der Waals surface area (Å²) in [5.41, 5.74) is 0. The Morgan fingerprint density at radius 2 is 1.29 bits per heavy atom. The molecule has 196 valence electrons. The first kappa shape index (κ1) is 30.1. The molecule has 1 aliphatic heterocycles. The molecule has 1 fully saturated rings. The molecule has 0 unspecified atom stereocenters. The lowest BCUT2D eigenvalue weighted by Gasteiger charge is -2.26. The van der Waals surface area contributed by atoms with E-state index >= 15 is 0 Å². The molecular weight excluding hydrogens is 436 g/mol. The highest BCUT2D eigenvalue weighted by atomic mass is 16.6. The van der Waals surface area contributed by atoms with Crippen molar-refractivity contribution >= 4 is 17.9 Å². The Bertz CT molecular complexity index is 616. The van der Waals surface area contributed by atoms with Gasteiger partial charge >= 0.3 is 17.9 Å². The Hall–Kier alpha value is -1.89. The molecule has 7 nitrogen and oxygen atoms in total. The number of hydrogen-bond acceptors (Lipinski definition) is 7. The van der Waals surface area contributed by atoms with Crippen molar-refractivity contribution in [2.24, 2.45) is 0 Å². The summed E-state index contributed by atoms with van der Waals surface area (Å²) in [7, 11) is 0. The molecule has 0 aliphatic carbocycles. The fourth-order valence-corrected chi connectivity index (χ4v) is 4.29. The molecule has 0 saturated carbocycles. The maximum absolute atomic E-state index is 11.6. The number of rotatable bonds is 18. The van der Waals surface area contributed by atoms with Gasteiger partial charge in [0.1, 0.15) is 12.7 Å². The van der Waals surface area contributed by atoms with Crippen LogP contribution in [0.4, 0.5) is 0 Å². The number of carbonyl (C=O) groups excluding carboxylic acids is 3. The van der Waals surface area contributed by atoms with E-state index in [1.165, 1.54) is 72.1 Å². The highest BCUT2D eigenvalue weighted by molar-refractivity contribution is 5.67. The van der Waals surface area contributed by atoms with E-state index in [9.17, 15) is 14.4 Å². The molecule has 1 heterocycles. The van der Waals surface area contributed by atoms with Crippen molar-refractivity contribution in [1.29, 1.82) is 0 Å². The van der Waals surface area contributed by atoms with E-state index in [1.54, 1.807) is 0 Å². The van der Waals surface area contributed by atoms with Crippen LogP contribution in [0.25, 0.3) is 0 Å². The Kier molecular flexibility index (Phi) is 16.3. The molecule has 1 rings (SSSR count). The third-order valence-corrected chi connectivity index (χ3v) is 6.01. The highest BCUT2D eigenvalue weighted by Crippen LogP contribution is 2.29. The monoisotopic (exact) mass is 482 g/mol. The third kappa shape index (κ3) is 14.4. The second-order valence-electron chi connectivity index (χ2n) is 9.20. The first-order valence-corrected chi connectivity index (χ1v) is 13.1. The van der Waals surface area contributed by atoms with E-state index in [0.29, 0.717) is 19.3 Å². The zero-order valence-corrected chi connectivity index (χ0v) is 21.7. The maximum atomic E-state index is 11.6. The van der Waals surface area contributed by atoms with Crippen LogP contribution in [0, 0.1) is 0 Å². The second-order valence-corrected chi connectivity index (χ2v) is 9.20. The van der Waals surface area contributed by atoms with Crippen molar-refractivity contribution in [2.75, 3.05) is 6.61 Å². The first-order valence-electron chi connectivity index (χ1n) is 13.1. The van der Waals surface area contributed by atoms with Gasteiger partial charge in [0.05, 0.1) is 12.2 Å². The fourth-order valence-electron chi connectivity index (χ4n) is 4.29. The van der Waals surface area contributed by atoms with Gasteiger partial charge in [0.15, 0.2) is 6.10 Å². The van der Waals surface area contributed by atoms with Gasteiger partial charge in [-0.2, -0.15) is 0 Å². The van der Waals surface area contributed by atoms with Gasteiger partial charge < -0.3 is 18.9 Å². The summed E-state index contributed by atoms with van der Waals surface area (Å²) in [4.78, 5) is 34.3. The molecule has 34 heavy (non-hydrogen) atoms. The highest BCUT2D eigenvalue weighted by Gasteiger charge is 2.38. The number of hydrogen-bond donors (Lipinski definition) is 0. The molecule has 0 N–H and O–H groups in total. The number of unbranched alkanes of at least 4 members (excludes halogenated alkanes) is 8. The molecule has 1 aliphatic rings. The van der Waals surface area contributed by atoms with Crippen LogP contribution in [0.3, 0.4) is 0 Å². The molecule has 0 aromatic rings. The van der Waals surface area contributed by atoms with Crippen LogP contribution in [-0.4, -0.2) is 48.9 Å². The third-order valence-electron chi connectivity index (χ3n) is 6.01. The molecule has 0 spiro atoms. The minimum absolute atomic E-state index is 0.0496. The van der Waals surface area contributed by atoms with Gasteiger partial charge in [0, 0.05) is 20.8 Å². The minimum Gasteiger partial charge on any atom is -0.462 e. The Labute approximate surface area is 205 Å². The maximum Gasteiger partial charge on any atom is 0.303 e. The first-order chi connectivity index (χ1) is 16.3. The van der Waals surface area contributed by atoms with Gasteiger partial charge in [-0.25, -0.2) is 0 Å². The van der Waals surface area contributed by atoms with E-state index in [0.717, 1.165) is 12.8 Å². The molecule has 7 heteroatoms.